The van der Waals surface area contributed by atoms with Gasteiger partial charge in [0.15, 0.2) is 0 Å². The maximum atomic E-state index is 12.3. The van der Waals surface area contributed by atoms with Gasteiger partial charge in [0.1, 0.15) is 6.33 Å². The van der Waals surface area contributed by atoms with Crippen molar-refractivity contribution in [2.24, 2.45) is 0 Å². The summed E-state index contributed by atoms with van der Waals surface area (Å²) in [5.41, 5.74) is 1.31. The number of aromatic nitrogens is 4. The summed E-state index contributed by atoms with van der Waals surface area (Å²) < 4.78 is 1.55. The first-order valence-corrected chi connectivity index (χ1v) is 6.97. The number of amides is 1. The third-order valence-electron chi connectivity index (χ3n) is 3.76. The van der Waals surface area contributed by atoms with Crippen LogP contribution in [0, 0.1) is 0 Å². The second-order valence-corrected chi connectivity index (χ2v) is 5.53. The van der Waals surface area contributed by atoms with Crippen molar-refractivity contribution in [1.29, 1.82) is 0 Å². The minimum atomic E-state index is -0.152. The zero-order valence-corrected chi connectivity index (χ0v) is 11.9. The van der Waals surface area contributed by atoms with Crippen LogP contribution in [0.4, 0.5) is 0 Å². The Hall–Kier alpha value is -2.50. The quantitative estimate of drug-likeness (QED) is 0.873. The number of carbonyl (C=O) groups excluding carboxylic acids is 1. The minimum absolute atomic E-state index is 0.0453. The fraction of sp³-hybridized carbons (Fsp3) is 0.333. The number of carbonyl (C=O) groups is 1. The highest BCUT2D eigenvalue weighted by Gasteiger charge is 2.26. The smallest absolute Gasteiger partial charge is 0.251 e. The second kappa shape index (κ2) is 5.47. The molecule has 0 radical (unpaired) electrons. The fourth-order valence-electron chi connectivity index (χ4n) is 2.47. The molecule has 1 unspecified atom stereocenters. The summed E-state index contributed by atoms with van der Waals surface area (Å²) in [6, 6.07) is 7.23. The van der Waals surface area contributed by atoms with E-state index in [0.29, 0.717) is 5.56 Å². The summed E-state index contributed by atoms with van der Waals surface area (Å²) in [4.78, 5) is 12.3. The van der Waals surface area contributed by atoms with Gasteiger partial charge in [0, 0.05) is 11.1 Å². The van der Waals surface area contributed by atoms with Crippen LogP contribution in [0.15, 0.2) is 42.7 Å². The number of hydrogen-bond donors (Lipinski definition) is 1. The summed E-state index contributed by atoms with van der Waals surface area (Å²) >= 11 is 0. The molecule has 1 aliphatic carbocycles. The summed E-state index contributed by atoms with van der Waals surface area (Å²) in [6.07, 6.45) is 8.67. The largest absolute Gasteiger partial charge is 0.347 e. The van der Waals surface area contributed by atoms with Gasteiger partial charge >= 0.3 is 0 Å². The Kier molecular flexibility index (Phi) is 3.51. The molecule has 0 aliphatic heterocycles. The molecular weight excluding hydrogens is 266 g/mol. The molecule has 2 aromatic rings. The zero-order chi connectivity index (χ0) is 14.7. The first kappa shape index (κ1) is 13.5. The van der Waals surface area contributed by atoms with Gasteiger partial charge < -0.3 is 5.32 Å². The molecule has 1 aliphatic rings. The Bertz CT molecular complexity index is 647. The highest BCUT2D eigenvalue weighted by molar-refractivity contribution is 5.94. The Balaban J connectivity index is 1.72. The molecule has 0 spiro atoms. The Labute approximate surface area is 122 Å². The van der Waals surface area contributed by atoms with E-state index in [0.717, 1.165) is 24.9 Å². The topological polar surface area (TPSA) is 72.7 Å². The van der Waals surface area contributed by atoms with Crippen molar-refractivity contribution in [3.8, 4) is 5.69 Å². The molecule has 1 amide bonds. The average molecular weight is 283 g/mol. The molecule has 108 valence electrons. The number of benzene rings is 1. The highest BCUT2D eigenvalue weighted by atomic mass is 16.1. The van der Waals surface area contributed by atoms with Crippen LogP contribution in [-0.2, 0) is 0 Å². The van der Waals surface area contributed by atoms with Gasteiger partial charge in [-0.2, -0.15) is 0 Å². The standard InChI is InChI=1S/C15H17N5O/c1-15(9-3-2-4-10-15)17-14(21)12-5-7-13(8-6-12)20-11-16-18-19-20/h2-3,5-8,11H,4,9-10H2,1H3,(H,17,21). The third-order valence-corrected chi connectivity index (χ3v) is 3.76. The highest BCUT2D eigenvalue weighted by Crippen LogP contribution is 2.23. The number of tetrazole rings is 1. The number of allylic oxidation sites excluding steroid dienone is 1. The molecule has 1 aromatic heterocycles. The molecule has 1 aromatic carbocycles. The molecule has 0 fully saturated rings. The molecule has 21 heavy (non-hydrogen) atoms. The molecule has 1 heterocycles. The van der Waals surface area contributed by atoms with E-state index >= 15 is 0 Å². The van der Waals surface area contributed by atoms with Crippen molar-refractivity contribution < 1.29 is 4.79 Å². The van der Waals surface area contributed by atoms with Crippen LogP contribution in [0.2, 0.25) is 0 Å². The van der Waals surface area contributed by atoms with E-state index in [1.54, 1.807) is 16.8 Å². The lowest BCUT2D eigenvalue weighted by molar-refractivity contribution is 0.0900. The van der Waals surface area contributed by atoms with Gasteiger partial charge in [-0.1, -0.05) is 12.2 Å². The Morgan fingerprint density at radius 1 is 1.29 bits per heavy atom. The number of rotatable bonds is 3. The summed E-state index contributed by atoms with van der Waals surface area (Å²) in [7, 11) is 0. The molecule has 0 bridgehead atoms. The predicted octanol–water partition coefficient (Wildman–Crippen LogP) is 1.89. The lowest BCUT2D eigenvalue weighted by Crippen LogP contribution is -2.46. The number of nitrogens with one attached hydrogen (secondary N) is 1. The molecule has 0 saturated carbocycles. The summed E-state index contributed by atoms with van der Waals surface area (Å²) in [5.74, 6) is -0.0453. The van der Waals surface area contributed by atoms with Crippen molar-refractivity contribution in [1.82, 2.24) is 25.5 Å². The van der Waals surface area contributed by atoms with Crippen LogP contribution in [0.3, 0.4) is 0 Å². The minimum Gasteiger partial charge on any atom is -0.347 e. The van der Waals surface area contributed by atoms with Gasteiger partial charge in [-0.15, -0.1) is 5.10 Å². The van der Waals surface area contributed by atoms with Crippen molar-refractivity contribution >= 4 is 5.91 Å². The third kappa shape index (κ3) is 2.99. The summed E-state index contributed by atoms with van der Waals surface area (Å²) in [5, 5.41) is 14.1. The predicted molar refractivity (Wildman–Crippen MR) is 78.0 cm³/mol. The van der Waals surface area contributed by atoms with Crippen LogP contribution < -0.4 is 5.32 Å². The van der Waals surface area contributed by atoms with Crippen molar-refractivity contribution in [3.05, 3.63) is 48.3 Å². The van der Waals surface area contributed by atoms with E-state index in [1.165, 1.54) is 6.33 Å². The Morgan fingerprint density at radius 3 is 2.71 bits per heavy atom. The molecule has 3 rings (SSSR count). The molecule has 0 saturated heterocycles. The van der Waals surface area contributed by atoms with E-state index in [1.807, 2.05) is 12.1 Å². The molecule has 6 heteroatoms. The van der Waals surface area contributed by atoms with Crippen LogP contribution in [-0.4, -0.2) is 31.7 Å². The van der Waals surface area contributed by atoms with Crippen LogP contribution in [0.25, 0.3) is 5.69 Å². The Morgan fingerprint density at radius 2 is 2.10 bits per heavy atom. The van der Waals surface area contributed by atoms with Crippen LogP contribution in [0.1, 0.15) is 36.5 Å². The van der Waals surface area contributed by atoms with E-state index in [2.05, 4.69) is 39.9 Å². The van der Waals surface area contributed by atoms with Crippen LogP contribution in [0.5, 0.6) is 0 Å². The normalized spacial score (nSPS) is 21.2. The molecule has 1 N–H and O–H groups in total. The first-order valence-electron chi connectivity index (χ1n) is 6.97. The average Bonchev–Trinajstić information content (AvgIpc) is 3.02. The van der Waals surface area contributed by atoms with E-state index in [-0.39, 0.29) is 11.4 Å². The molecule has 1 atom stereocenters. The van der Waals surface area contributed by atoms with Gasteiger partial charge in [0.05, 0.1) is 5.69 Å². The van der Waals surface area contributed by atoms with Gasteiger partial charge in [-0.05, 0) is 60.9 Å². The maximum Gasteiger partial charge on any atom is 0.251 e. The zero-order valence-electron chi connectivity index (χ0n) is 11.9. The lowest BCUT2D eigenvalue weighted by Gasteiger charge is -2.32. The van der Waals surface area contributed by atoms with E-state index in [4.69, 9.17) is 0 Å². The van der Waals surface area contributed by atoms with Crippen LogP contribution >= 0.6 is 0 Å². The van der Waals surface area contributed by atoms with Crippen molar-refractivity contribution in [2.75, 3.05) is 0 Å². The SMILES string of the molecule is CC1(NC(=O)c2ccc(-n3cnnn3)cc2)CC=CCC1. The maximum absolute atomic E-state index is 12.3. The monoisotopic (exact) mass is 283 g/mol. The van der Waals surface area contributed by atoms with Crippen molar-refractivity contribution in [2.45, 2.75) is 31.7 Å². The van der Waals surface area contributed by atoms with Gasteiger partial charge in [0.25, 0.3) is 5.91 Å². The second-order valence-electron chi connectivity index (χ2n) is 5.53. The van der Waals surface area contributed by atoms with Gasteiger partial charge in [-0.25, -0.2) is 4.68 Å². The number of hydrogen-bond acceptors (Lipinski definition) is 4. The van der Waals surface area contributed by atoms with E-state index < -0.39 is 0 Å². The fourth-order valence-corrected chi connectivity index (χ4v) is 2.47. The molecule has 6 nitrogen and oxygen atoms in total. The first-order chi connectivity index (χ1) is 10.2. The van der Waals surface area contributed by atoms with Gasteiger partial charge in [0.2, 0.25) is 0 Å². The summed E-state index contributed by atoms with van der Waals surface area (Å²) in [6.45, 7) is 2.09. The number of nitrogens with zero attached hydrogens (tertiary/aromatic N) is 4. The molecular formula is C15H17N5O. The lowest BCUT2D eigenvalue weighted by atomic mass is 9.87. The van der Waals surface area contributed by atoms with Gasteiger partial charge in [-0.3, -0.25) is 4.79 Å². The van der Waals surface area contributed by atoms with E-state index in [9.17, 15) is 4.79 Å². The van der Waals surface area contributed by atoms with Crippen molar-refractivity contribution in [3.63, 3.8) is 0 Å².